The van der Waals surface area contributed by atoms with Crippen molar-refractivity contribution < 1.29 is 19.2 Å². The van der Waals surface area contributed by atoms with Crippen LogP contribution in [0.5, 0.6) is 0 Å². The first kappa shape index (κ1) is 16.7. The minimum absolute atomic E-state index is 0.107. The Morgan fingerprint density at radius 1 is 1.09 bits per heavy atom. The van der Waals surface area contributed by atoms with Crippen LogP contribution >= 0.6 is 0 Å². The summed E-state index contributed by atoms with van der Waals surface area (Å²) < 4.78 is 0. The topological polar surface area (TPSA) is 78.0 Å². The van der Waals surface area contributed by atoms with Gasteiger partial charge in [-0.1, -0.05) is 30.3 Å². The van der Waals surface area contributed by atoms with Gasteiger partial charge in [-0.25, -0.2) is 9.69 Å². The van der Waals surface area contributed by atoms with Gasteiger partial charge in [-0.3, -0.25) is 19.3 Å². The summed E-state index contributed by atoms with van der Waals surface area (Å²) in [6, 6.07) is 8.55. The molecule has 0 aliphatic carbocycles. The number of hydrogen-bond donors (Lipinski definition) is 0. The molecule has 7 heteroatoms. The van der Waals surface area contributed by atoms with Crippen LogP contribution in [-0.2, 0) is 20.9 Å². The first-order valence-electron chi connectivity index (χ1n) is 7.29. The van der Waals surface area contributed by atoms with E-state index in [2.05, 4.69) is 0 Å². The van der Waals surface area contributed by atoms with Gasteiger partial charge in [0, 0.05) is 19.6 Å². The van der Waals surface area contributed by atoms with E-state index in [1.807, 2.05) is 44.2 Å². The van der Waals surface area contributed by atoms with Crippen molar-refractivity contribution in [2.45, 2.75) is 26.4 Å². The smallest absolute Gasteiger partial charge is 0.334 e. The number of amides is 5. The van der Waals surface area contributed by atoms with Gasteiger partial charge in [0.25, 0.3) is 0 Å². The van der Waals surface area contributed by atoms with E-state index in [1.165, 1.54) is 7.05 Å². The third-order valence-corrected chi connectivity index (χ3v) is 3.68. The number of rotatable bonds is 5. The summed E-state index contributed by atoms with van der Waals surface area (Å²) in [5.41, 5.74) is 0.946. The van der Waals surface area contributed by atoms with Gasteiger partial charge in [0.1, 0.15) is 6.54 Å². The molecule has 0 unspecified atom stereocenters. The molecule has 1 saturated heterocycles. The highest BCUT2D eigenvalue weighted by molar-refractivity contribution is 6.44. The quantitative estimate of drug-likeness (QED) is 0.596. The van der Waals surface area contributed by atoms with Crippen molar-refractivity contribution in [3.8, 4) is 0 Å². The van der Waals surface area contributed by atoms with Gasteiger partial charge in [-0.15, -0.1) is 0 Å². The molecule has 1 aromatic carbocycles. The molecule has 0 bridgehead atoms. The first-order chi connectivity index (χ1) is 10.8. The Labute approximate surface area is 134 Å². The number of carbonyl (C=O) groups excluding carboxylic acids is 4. The minimum Gasteiger partial charge on any atom is -0.334 e. The summed E-state index contributed by atoms with van der Waals surface area (Å²) in [7, 11) is 1.22. The van der Waals surface area contributed by atoms with Gasteiger partial charge in [-0.05, 0) is 19.4 Å². The number of urea groups is 1. The molecule has 1 fully saturated rings. The Hall–Kier alpha value is -2.70. The van der Waals surface area contributed by atoms with E-state index < -0.39 is 24.4 Å². The Balaban J connectivity index is 2.12. The molecule has 1 heterocycles. The molecule has 0 atom stereocenters. The maximum atomic E-state index is 12.5. The molecule has 122 valence electrons. The lowest BCUT2D eigenvalue weighted by atomic mass is 10.2. The summed E-state index contributed by atoms with van der Waals surface area (Å²) >= 11 is 0. The third-order valence-electron chi connectivity index (χ3n) is 3.68. The molecule has 0 radical (unpaired) electrons. The molecule has 2 rings (SSSR count). The van der Waals surface area contributed by atoms with Crippen LogP contribution in [0.15, 0.2) is 30.3 Å². The Bertz CT molecular complexity index is 642. The van der Waals surface area contributed by atoms with Crippen LogP contribution in [0.2, 0.25) is 0 Å². The van der Waals surface area contributed by atoms with Crippen LogP contribution in [0.4, 0.5) is 4.79 Å². The number of hydrogen-bond acceptors (Lipinski definition) is 4. The Kier molecular flexibility index (Phi) is 4.78. The average molecular weight is 317 g/mol. The summed E-state index contributed by atoms with van der Waals surface area (Å²) in [5.74, 6) is -2.26. The van der Waals surface area contributed by atoms with Crippen LogP contribution in [-0.4, -0.2) is 58.1 Å². The van der Waals surface area contributed by atoms with Gasteiger partial charge in [-0.2, -0.15) is 0 Å². The van der Waals surface area contributed by atoms with Crippen molar-refractivity contribution in [3.63, 3.8) is 0 Å². The van der Waals surface area contributed by atoms with Crippen LogP contribution in [0.3, 0.4) is 0 Å². The molecule has 0 aromatic heterocycles. The van der Waals surface area contributed by atoms with E-state index in [9.17, 15) is 19.2 Å². The van der Waals surface area contributed by atoms with Crippen LogP contribution in [0, 0.1) is 0 Å². The molecule has 7 nitrogen and oxygen atoms in total. The standard InChI is InChI=1S/C16H19N3O4/c1-11(2)18(9-12-7-5-4-6-8-12)13(20)10-19-15(22)14(21)17(3)16(19)23/h4-8,11H,9-10H2,1-3H3. The van der Waals surface area contributed by atoms with Crippen molar-refractivity contribution in [3.05, 3.63) is 35.9 Å². The third kappa shape index (κ3) is 3.39. The lowest BCUT2D eigenvalue weighted by molar-refractivity contribution is -0.145. The van der Waals surface area contributed by atoms with E-state index in [4.69, 9.17) is 0 Å². The van der Waals surface area contributed by atoms with Gasteiger partial charge >= 0.3 is 17.8 Å². The molecule has 23 heavy (non-hydrogen) atoms. The fourth-order valence-corrected chi connectivity index (χ4v) is 2.32. The largest absolute Gasteiger partial charge is 0.334 e. The van der Waals surface area contributed by atoms with Crippen molar-refractivity contribution in [1.29, 1.82) is 0 Å². The predicted octanol–water partition coefficient (Wildman–Crippen LogP) is 0.844. The van der Waals surface area contributed by atoms with E-state index in [-0.39, 0.29) is 11.9 Å². The van der Waals surface area contributed by atoms with Crippen molar-refractivity contribution in [2.24, 2.45) is 0 Å². The molecule has 0 saturated carbocycles. The van der Waals surface area contributed by atoms with Crippen LogP contribution in [0.1, 0.15) is 19.4 Å². The summed E-state index contributed by atoms with van der Waals surface area (Å²) in [6.07, 6.45) is 0. The predicted molar refractivity (Wildman–Crippen MR) is 82.0 cm³/mol. The highest BCUT2D eigenvalue weighted by Crippen LogP contribution is 2.13. The lowest BCUT2D eigenvalue weighted by Crippen LogP contribution is -2.45. The van der Waals surface area contributed by atoms with Gasteiger partial charge in [0.05, 0.1) is 0 Å². The summed E-state index contributed by atoms with van der Waals surface area (Å²) in [5, 5.41) is 0. The number of likely N-dealkylation sites (N-methyl/N-ethyl adjacent to an activating group) is 1. The highest BCUT2D eigenvalue weighted by Gasteiger charge is 2.43. The molecule has 1 aromatic rings. The monoisotopic (exact) mass is 317 g/mol. The first-order valence-corrected chi connectivity index (χ1v) is 7.29. The molecule has 1 aliphatic rings. The maximum Gasteiger partial charge on any atom is 0.334 e. The van der Waals surface area contributed by atoms with Gasteiger partial charge < -0.3 is 4.90 Å². The molecule has 5 amide bonds. The number of imide groups is 2. The highest BCUT2D eigenvalue weighted by atomic mass is 16.2. The molecule has 0 N–H and O–H groups in total. The minimum atomic E-state index is -0.964. The van der Waals surface area contributed by atoms with Crippen LogP contribution < -0.4 is 0 Å². The fourth-order valence-electron chi connectivity index (χ4n) is 2.32. The average Bonchev–Trinajstić information content (AvgIpc) is 2.71. The van der Waals surface area contributed by atoms with Gasteiger partial charge in [0.2, 0.25) is 5.91 Å². The molecular formula is C16H19N3O4. The number of carbonyl (C=O) groups is 4. The summed E-state index contributed by atoms with van der Waals surface area (Å²) in [6.45, 7) is 3.65. The van der Waals surface area contributed by atoms with E-state index in [1.54, 1.807) is 4.90 Å². The fraction of sp³-hybridized carbons (Fsp3) is 0.375. The number of nitrogens with zero attached hydrogens (tertiary/aromatic N) is 3. The van der Waals surface area contributed by atoms with E-state index >= 15 is 0 Å². The Morgan fingerprint density at radius 3 is 2.17 bits per heavy atom. The van der Waals surface area contributed by atoms with Crippen LogP contribution in [0.25, 0.3) is 0 Å². The number of benzene rings is 1. The van der Waals surface area contributed by atoms with E-state index in [0.29, 0.717) is 16.3 Å². The van der Waals surface area contributed by atoms with E-state index in [0.717, 1.165) is 5.56 Å². The zero-order chi connectivity index (χ0) is 17.1. The maximum absolute atomic E-state index is 12.5. The Morgan fingerprint density at radius 2 is 1.70 bits per heavy atom. The summed E-state index contributed by atoms with van der Waals surface area (Å²) in [4.78, 5) is 50.6. The second-order valence-corrected chi connectivity index (χ2v) is 5.64. The normalized spacial score (nSPS) is 14.9. The zero-order valence-electron chi connectivity index (χ0n) is 13.4. The second kappa shape index (κ2) is 6.60. The zero-order valence-corrected chi connectivity index (χ0v) is 13.4. The second-order valence-electron chi connectivity index (χ2n) is 5.64. The molecule has 0 spiro atoms. The van der Waals surface area contributed by atoms with Gasteiger partial charge in [0.15, 0.2) is 0 Å². The van der Waals surface area contributed by atoms with Crippen molar-refractivity contribution in [2.75, 3.05) is 13.6 Å². The lowest BCUT2D eigenvalue weighted by Gasteiger charge is -2.28. The molecular weight excluding hydrogens is 298 g/mol. The van der Waals surface area contributed by atoms with Crippen molar-refractivity contribution >= 4 is 23.8 Å². The van der Waals surface area contributed by atoms with Crippen molar-refractivity contribution in [1.82, 2.24) is 14.7 Å². The molecule has 1 aliphatic heterocycles. The SMILES string of the molecule is CC(C)N(Cc1ccccc1)C(=O)CN1C(=O)C(=O)N(C)C1=O.